The molecule has 0 atom stereocenters. The first-order valence-electron chi connectivity index (χ1n) is 8.95. The number of aromatic nitrogens is 2. The van der Waals surface area contributed by atoms with Gasteiger partial charge < -0.3 is 15.0 Å². The summed E-state index contributed by atoms with van der Waals surface area (Å²) in [5.74, 6) is 0. The molecule has 0 saturated carbocycles. The molecule has 0 radical (unpaired) electrons. The second-order valence-electron chi connectivity index (χ2n) is 6.63. The summed E-state index contributed by atoms with van der Waals surface area (Å²) < 4.78 is 7.01. The van der Waals surface area contributed by atoms with Gasteiger partial charge in [-0.1, -0.05) is 17.7 Å². The number of nitrogens with one attached hydrogen (secondary N) is 1. The summed E-state index contributed by atoms with van der Waals surface area (Å²) in [5.41, 5.74) is 4.28. The van der Waals surface area contributed by atoms with Gasteiger partial charge in [-0.05, 0) is 36.8 Å². The first kappa shape index (κ1) is 17.8. The summed E-state index contributed by atoms with van der Waals surface area (Å²) >= 11 is 6.20. The molecule has 0 bridgehead atoms. The molecule has 1 aliphatic rings. The minimum atomic E-state index is -0.0833. The SMILES string of the molecule is Cc1ccc2nc(CNc3cc(Cl)ccc3N3CCOCC3)cc(=O)n2c1. The summed E-state index contributed by atoms with van der Waals surface area (Å²) in [6.45, 7) is 5.50. The second-order valence-corrected chi connectivity index (χ2v) is 7.07. The van der Waals surface area contributed by atoms with Crippen LogP contribution in [0.3, 0.4) is 0 Å². The van der Waals surface area contributed by atoms with Gasteiger partial charge in [0.05, 0.1) is 36.8 Å². The number of pyridine rings is 1. The third-order valence-corrected chi connectivity index (χ3v) is 4.87. The largest absolute Gasteiger partial charge is 0.378 e. The Labute approximate surface area is 162 Å². The molecular formula is C20H21ClN4O2. The highest BCUT2D eigenvalue weighted by Gasteiger charge is 2.15. The van der Waals surface area contributed by atoms with E-state index in [9.17, 15) is 4.79 Å². The van der Waals surface area contributed by atoms with Crippen LogP contribution < -0.4 is 15.8 Å². The first-order chi connectivity index (χ1) is 13.1. The van der Waals surface area contributed by atoms with E-state index in [0.29, 0.717) is 36.1 Å². The molecule has 1 fully saturated rings. The predicted molar refractivity (Wildman–Crippen MR) is 108 cm³/mol. The van der Waals surface area contributed by atoms with Crippen LogP contribution >= 0.6 is 11.6 Å². The van der Waals surface area contributed by atoms with Gasteiger partial charge in [0.25, 0.3) is 5.56 Å². The van der Waals surface area contributed by atoms with Crippen LogP contribution in [0.4, 0.5) is 11.4 Å². The maximum Gasteiger partial charge on any atom is 0.258 e. The van der Waals surface area contributed by atoms with Gasteiger partial charge in [-0.3, -0.25) is 9.20 Å². The third kappa shape index (κ3) is 3.91. The Morgan fingerprint density at radius 3 is 2.81 bits per heavy atom. The van der Waals surface area contributed by atoms with Gasteiger partial charge in [-0.25, -0.2) is 4.98 Å². The number of fused-ring (bicyclic) bond motifs is 1. The average molecular weight is 385 g/mol. The van der Waals surface area contributed by atoms with Gasteiger partial charge >= 0.3 is 0 Å². The molecule has 0 unspecified atom stereocenters. The van der Waals surface area contributed by atoms with E-state index in [1.165, 1.54) is 0 Å². The lowest BCUT2D eigenvalue weighted by Gasteiger charge is -2.30. The van der Waals surface area contributed by atoms with Crippen LogP contribution in [0.1, 0.15) is 11.3 Å². The van der Waals surface area contributed by atoms with Crippen LogP contribution in [0.15, 0.2) is 47.4 Å². The van der Waals surface area contributed by atoms with Crippen LogP contribution in [0.25, 0.3) is 5.65 Å². The fraction of sp³-hybridized carbons (Fsp3) is 0.300. The second kappa shape index (κ2) is 7.58. The number of ether oxygens (including phenoxy) is 1. The number of halogens is 1. The lowest BCUT2D eigenvalue weighted by atomic mass is 10.2. The Hall–Kier alpha value is -2.57. The summed E-state index contributed by atoms with van der Waals surface area (Å²) in [6.07, 6.45) is 1.80. The van der Waals surface area contributed by atoms with E-state index in [0.717, 1.165) is 30.0 Å². The van der Waals surface area contributed by atoms with Gasteiger partial charge in [0.1, 0.15) is 5.65 Å². The summed E-state index contributed by atoms with van der Waals surface area (Å²) in [7, 11) is 0. The van der Waals surface area contributed by atoms with E-state index in [2.05, 4.69) is 15.2 Å². The first-order valence-corrected chi connectivity index (χ1v) is 9.33. The van der Waals surface area contributed by atoms with Crippen molar-refractivity contribution in [2.45, 2.75) is 13.5 Å². The number of hydrogen-bond acceptors (Lipinski definition) is 5. The van der Waals surface area contributed by atoms with Crippen molar-refractivity contribution in [3.8, 4) is 0 Å². The highest BCUT2D eigenvalue weighted by Crippen LogP contribution is 2.30. The van der Waals surface area contributed by atoms with Gasteiger partial charge in [0.2, 0.25) is 0 Å². The molecule has 1 saturated heterocycles. The number of aryl methyl sites for hydroxylation is 1. The predicted octanol–water partition coefficient (Wildman–Crippen LogP) is 3.11. The van der Waals surface area contributed by atoms with Gasteiger partial charge in [0, 0.05) is 30.4 Å². The molecular weight excluding hydrogens is 364 g/mol. The number of morpholine rings is 1. The van der Waals surface area contributed by atoms with Crippen molar-refractivity contribution in [2.75, 3.05) is 36.5 Å². The topological polar surface area (TPSA) is 58.9 Å². The van der Waals surface area contributed by atoms with Crippen molar-refractivity contribution in [3.05, 3.63) is 69.2 Å². The van der Waals surface area contributed by atoms with Gasteiger partial charge in [-0.2, -0.15) is 0 Å². The Balaban J connectivity index is 1.60. The zero-order chi connectivity index (χ0) is 18.8. The summed E-state index contributed by atoms with van der Waals surface area (Å²) in [5, 5.41) is 4.06. The standard InChI is InChI=1S/C20H21ClN4O2/c1-14-2-5-19-23-16(11-20(26)25(19)13-14)12-22-17-10-15(21)3-4-18(17)24-6-8-27-9-7-24/h2-5,10-11,13,22H,6-9,12H2,1H3. The van der Waals surface area contributed by atoms with Crippen molar-refractivity contribution in [1.82, 2.24) is 9.38 Å². The maximum atomic E-state index is 12.4. The van der Waals surface area contributed by atoms with Crippen LogP contribution in [0, 0.1) is 6.92 Å². The Bertz CT molecular complexity index is 1030. The third-order valence-electron chi connectivity index (χ3n) is 4.63. The monoisotopic (exact) mass is 384 g/mol. The van der Waals surface area contributed by atoms with Crippen molar-refractivity contribution in [2.24, 2.45) is 0 Å². The fourth-order valence-corrected chi connectivity index (χ4v) is 3.44. The van der Waals surface area contributed by atoms with E-state index >= 15 is 0 Å². The smallest absolute Gasteiger partial charge is 0.258 e. The molecule has 6 nitrogen and oxygen atoms in total. The van der Waals surface area contributed by atoms with Crippen molar-refractivity contribution in [3.63, 3.8) is 0 Å². The van der Waals surface area contributed by atoms with E-state index < -0.39 is 0 Å². The maximum absolute atomic E-state index is 12.4. The molecule has 3 aromatic rings. The lowest BCUT2D eigenvalue weighted by Crippen LogP contribution is -2.36. The van der Waals surface area contributed by atoms with E-state index in [-0.39, 0.29) is 5.56 Å². The Kier molecular flexibility index (Phi) is 5.01. The number of hydrogen-bond donors (Lipinski definition) is 1. The minimum absolute atomic E-state index is 0.0833. The molecule has 4 rings (SSSR count). The van der Waals surface area contributed by atoms with Crippen LogP contribution in [0.2, 0.25) is 5.02 Å². The van der Waals surface area contributed by atoms with E-state index in [1.54, 1.807) is 16.7 Å². The average Bonchev–Trinajstić information content (AvgIpc) is 2.68. The Morgan fingerprint density at radius 2 is 2.00 bits per heavy atom. The molecule has 1 N–H and O–H groups in total. The zero-order valence-electron chi connectivity index (χ0n) is 15.1. The van der Waals surface area contributed by atoms with Crippen LogP contribution in [-0.4, -0.2) is 35.7 Å². The van der Waals surface area contributed by atoms with Gasteiger partial charge in [0.15, 0.2) is 0 Å². The highest BCUT2D eigenvalue weighted by atomic mass is 35.5. The Morgan fingerprint density at radius 1 is 1.19 bits per heavy atom. The number of rotatable bonds is 4. The highest BCUT2D eigenvalue weighted by molar-refractivity contribution is 6.31. The molecule has 140 valence electrons. The molecule has 1 aromatic carbocycles. The molecule has 0 spiro atoms. The lowest BCUT2D eigenvalue weighted by molar-refractivity contribution is 0.123. The number of benzene rings is 1. The van der Waals surface area contributed by atoms with Crippen LogP contribution in [0.5, 0.6) is 0 Å². The quantitative estimate of drug-likeness (QED) is 0.749. The van der Waals surface area contributed by atoms with Crippen LogP contribution in [-0.2, 0) is 11.3 Å². The fourth-order valence-electron chi connectivity index (χ4n) is 3.26. The van der Waals surface area contributed by atoms with Crippen molar-refractivity contribution < 1.29 is 4.74 Å². The number of anilines is 2. The molecule has 3 heterocycles. The molecule has 2 aromatic heterocycles. The molecule has 0 amide bonds. The normalized spacial score (nSPS) is 14.5. The number of nitrogens with zero attached hydrogens (tertiary/aromatic N) is 3. The van der Waals surface area contributed by atoms with Crippen molar-refractivity contribution >= 4 is 28.6 Å². The van der Waals surface area contributed by atoms with Gasteiger partial charge in [-0.15, -0.1) is 0 Å². The zero-order valence-corrected chi connectivity index (χ0v) is 15.9. The molecule has 0 aliphatic carbocycles. The molecule has 7 heteroatoms. The van der Waals surface area contributed by atoms with E-state index in [4.69, 9.17) is 16.3 Å². The van der Waals surface area contributed by atoms with E-state index in [1.807, 2.05) is 37.3 Å². The summed E-state index contributed by atoms with van der Waals surface area (Å²) in [4.78, 5) is 19.2. The summed E-state index contributed by atoms with van der Waals surface area (Å²) in [6, 6.07) is 11.2. The molecule has 27 heavy (non-hydrogen) atoms. The minimum Gasteiger partial charge on any atom is -0.378 e. The molecule has 1 aliphatic heterocycles. The van der Waals surface area contributed by atoms with Crippen molar-refractivity contribution in [1.29, 1.82) is 0 Å².